The predicted octanol–water partition coefficient (Wildman–Crippen LogP) is 0.931. The van der Waals surface area contributed by atoms with Gasteiger partial charge in [0.1, 0.15) is 10.6 Å². The molecule has 6 heteroatoms. The third kappa shape index (κ3) is 4.29. The normalized spacial score (nSPS) is 14.0. The fraction of sp³-hybridized carbons (Fsp3) is 0.500. The highest BCUT2D eigenvalue weighted by Crippen LogP contribution is 2.16. The van der Waals surface area contributed by atoms with Crippen LogP contribution >= 0.6 is 11.8 Å². The third-order valence-electron chi connectivity index (χ3n) is 2.29. The van der Waals surface area contributed by atoms with E-state index in [4.69, 9.17) is 4.74 Å². The van der Waals surface area contributed by atoms with Crippen molar-refractivity contribution in [3.63, 3.8) is 0 Å². The van der Waals surface area contributed by atoms with Crippen LogP contribution in [0.25, 0.3) is 0 Å². The zero-order valence-corrected chi connectivity index (χ0v) is 11.6. The van der Waals surface area contributed by atoms with Crippen LogP contribution in [-0.4, -0.2) is 48.1 Å². The van der Waals surface area contributed by atoms with Gasteiger partial charge < -0.3 is 15.2 Å². The lowest BCUT2D eigenvalue weighted by atomic mass is 10.1. The van der Waals surface area contributed by atoms with E-state index in [-0.39, 0.29) is 19.1 Å². The number of nitrogens with zero attached hydrogens (tertiary/aromatic N) is 1. The van der Waals surface area contributed by atoms with Gasteiger partial charge in [0.2, 0.25) is 0 Å². The van der Waals surface area contributed by atoms with Crippen molar-refractivity contribution in [3.05, 3.63) is 23.9 Å². The quantitative estimate of drug-likeness (QED) is 0.752. The lowest BCUT2D eigenvalue weighted by Gasteiger charge is -2.22. The summed E-state index contributed by atoms with van der Waals surface area (Å²) in [6.07, 6.45) is 3.50. The van der Waals surface area contributed by atoms with Crippen LogP contribution in [0.3, 0.4) is 0 Å². The van der Waals surface area contributed by atoms with Crippen LogP contribution in [0.1, 0.15) is 17.3 Å². The van der Waals surface area contributed by atoms with Gasteiger partial charge in [-0.05, 0) is 25.3 Å². The molecule has 100 valence electrons. The van der Waals surface area contributed by atoms with Crippen molar-refractivity contribution < 1.29 is 14.6 Å². The van der Waals surface area contributed by atoms with Gasteiger partial charge in [-0.2, -0.15) is 0 Å². The number of carbonyl (C=O) groups excluding carboxylic acids is 1. The summed E-state index contributed by atoms with van der Waals surface area (Å²) >= 11 is 1.41. The van der Waals surface area contributed by atoms with Crippen molar-refractivity contribution in [2.75, 3.05) is 26.5 Å². The molecule has 2 N–H and O–H groups in total. The summed E-state index contributed by atoms with van der Waals surface area (Å²) in [4.78, 5) is 16.1. The molecule has 0 saturated carbocycles. The van der Waals surface area contributed by atoms with Crippen molar-refractivity contribution >= 4 is 17.7 Å². The average Bonchev–Trinajstić information content (AvgIpc) is 2.36. The number of hydrogen-bond acceptors (Lipinski definition) is 5. The Hall–Kier alpha value is -1.11. The maximum absolute atomic E-state index is 12.0. The minimum Gasteiger partial charge on any atom is -0.386 e. The SMILES string of the molecule is COC[C@](C)(O)CNC(=O)c1cccnc1SC. The Balaban J connectivity index is 2.66. The van der Waals surface area contributed by atoms with Crippen LogP contribution < -0.4 is 5.32 Å². The lowest BCUT2D eigenvalue weighted by Crippen LogP contribution is -2.43. The number of thioether (sulfide) groups is 1. The zero-order chi connectivity index (χ0) is 13.6. The minimum absolute atomic E-state index is 0.127. The number of methoxy groups -OCH3 is 1. The Morgan fingerprint density at radius 1 is 1.67 bits per heavy atom. The highest BCUT2D eigenvalue weighted by Gasteiger charge is 2.22. The van der Waals surface area contributed by atoms with Crippen molar-refractivity contribution in [2.45, 2.75) is 17.6 Å². The largest absolute Gasteiger partial charge is 0.386 e. The van der Waals surface area contributed by atoms with Crippen LogP contribution in [-0.2, 0) is 4.74 Å². The van der Waals surface area contributed by atoms with Crippen molar-refractivity contribution in [2.24, 2.45) is 0 Å². The summed E-state index contributed by atoms with van der Waals surface area (Å²) in [6, 6.07) is 3.42. The molecular weight excluding hydrogens is 252 g/mol. The Morgan fingerprint density at radius 2 is 2.39 bits per heavy atom. The molecule has 0 fully saturated rings. The predicted molar refractivity (Wildman–Crippen MR) is 70.9 cm³/mol. The molecule has 0 aliphatic heterocycles. The van der Waals surface area contributed by atoms with Crippen LogP contribution in [0.2, 0.25) is 0 Å². The second kappa shape index (κ2) is 6.72. The minimum atomic E-state index is -1.08. The number of hydrogen-bond donors (Lipinski definition) is 2. The summed E-state index contributed by atoms with van der Waals surface area (Å²) in [6.45, 7) is 1.90. The number of rotatable bonds is 6. The van der Waals surface area contributed by atoms with E-state index < -0.39 is 5.60 Å². The molecule has 0 aliphatic rings. The fourth-order valence-corrected chi connectivity index (χ4v) is 2.00. The molecule has 1 aromatic heterocycles. The molecule has 0 spiro atoms. The van der Waals surface area contributed by atoms with E-state index in [0.29, 0.717) is 10.6 Å². The third-order valence-corrected chi connectivity index (χ3v) is 3.01. The molecule has 1 heterocycles. The Morgan fingerprint density at radius 3 is 3.00 bits per heavy atom. The topological polar surface area (TPSA) is 71.5 Å². The molecule has 1 aromatic rings. The van der Waals surface area contributed by atoms with Gasteiger partial charge in [-0.25, -0.2) is 4.98 Å². The lowest BCUT2D eigenvalue weighted by molar-refractivity contribution is -0.0147. The Kier molecular flexibility index (Phi) is 5.58. The van der Waals surface area contributed by atoms with Crippen molar-refractivity contribution in [1.29, 1.82) is 0 Å². The molecule has 5 nitrogen and oxygen atoms in total. The van der Waals surface area contributed by atoms with E-state index in [1.54, 1.807) is 25.3 Å². The van der Waals surface area contributed by atoms with Crippen LogP contribution in [0, 0.1) is 0 Å². The van der Waals surface area contributed by atoms with E-state index in [0.717, 1.165) is 0 Å². The number of ether oxygens (including phenoxy) is 1. The first-order valence-electron chi connectivity index (χ1n) is 5.48. The summed E-state index contributed by atoms with van der Waals surface area (Å²) < 4.78 is 4.87. The number of nitrogens with one attached hydrogen (secondary N) is 1. The standard InChI is InChI=1S/C12H18N2O3S/c1-12(16,8-17-2)7-14-10(15)9-5-4-6-13-11(9)18-3/h4-6,16H,7-8H2,1-3H3,(H,14,15)/t12-/m1/s1. The zero-order valence-electron chi connectivity index (χ0n) is 10.8. The van der Waals surface area contributed by atoms with Crippen LogP contribution in [0.15, 0.2) is 23.4 Å². The molecule has 0 unspecified atom stereocenters. The van der Waals surface area contributed by atoms with E-state index in [9.17, 15) is 9.90 Å². The number of pyridine rings is 1. The molecule has 0 aromatic carbocycles. The highest BCUT2D eigenvalue weighted by molar-refractivity contribution is 7.98. The second-order valence-electron chi connectivity index (χ2n) is 4.17. The Bertz CT molecular complexity index is 410. The molecule has 0 radical (unpaired) electrons. The number of amides is 1. The molecule has 0 aliphatic carbocycles. The first kappa shape index (κ1) is 14.9. The molecular formula is C12H18N2O3S. The Labute approximate surface area is 111 Å². The highest BCUT2D eigenvalue weighted by atomic mass is 32.2. The molecule has 18 heavy (non-hydrogen) atoms. The summed E-state index contributed by atoms with van der Waals surface area (Å²) in [7, 11) is 1.50. The van der Waals surface area contributed by atoms with Gasteiger partial charge in [0.25, 0.3) is 5.91 Å². The average molecular weight is 270 g/mol. The van der Waals surface area contributed by atoms with Crippen LogP contribution in [0.5, 0.6) is 0 Å². The fourth-order valence-electron chi connectivity index (χ4n) is 1.45. The first-order chi connectivity index (χ1) is 8.50. The smallest absolute Gasteiger partial charge is 0.254 e. The van der Waals surface area contributed by atoms with Gasteiger partial charge in [-0.15, -0.1) is 11.8 Å². The van der Waals surface area contributed by atoms with E-state index >= 15 is 0 Å². The molecule has 1 amide bonds. The van der Waals surface area contributed by atoms with Gasteiger partial charge in [-0.1, -0.05) is 0 Å². The maximum atomic E-state index is 12.0. The molecule has 1 atom stereocenters. The monoisotopic (exact) mass is 270 g/mol. The van der Waals surface area contributed by atoms with Gasteiger partial charge in [0, 0.05) is 19.9 Å². The number of carbonyl (C=O) groups is 1. The maximum Gasteiger partial charge on any atom is 0.254 e. The number of aliphatic hydroxyl groups is 1. The van der Waals surface area contributed by atoms with E-state index in [2.05, 4.69) is 10.3 Å². The second-order valence-corrected chi connectivity index (χ2v) is 4.97. The van der Waals surface area contributed by atoms with Gasteiger partial charge in [-0.3, -0.25) is 4.79 Å². The molecule has 1 rings (SSSR count). The molecule has 0 bridgehead atoms. The van der Waals surface area contributed by atoms with Crippen molar-refractivity contribution in [1.82, 2.24) is 10.3 Å². The molecule has 0 saturated heterocycles. The first-order valence-corrected chi connectivity index (χ1v) is 6.71. The van der Waals surface area contributed by atoms with Crippen molar-refractivity contribution in [3.8, 4) is 0 Å². The summed E-state index contributed by atoms with van der Waals surface area (Å²) in [5.41, 5.74) is -0.565. The van der Waals surface area contributed by atoms with Gasteiger partial charge >= 0.3 is 0 Å². The van der Waals surface area contributed by atoms with Gasteiger partial charge in [0.15, 0.2) is 0 Å². The number of aromatic nitrogens is 1. The van der Waals surface area contributed by atoms with E-state index in [1.807, 2.05) is 6.26 Å². The van der Waals surface area contributed by atoms with Crippen LogP contribution in [0.4, 0.5) is 0 Å². The summed E-state index contributed by atoms with van der Waals surface area (Å²) in [5, 5.41) is 13.2. The van der Waals surface area contributed by atoms with Gasteiger partial charge in [0.05, 0.1) is 12.2 Å². The summed E-state index contributed by atoms with van der Waals surface area (Å²) in [5.74, 6) is -0.246. The van der Waals surface area contributed by atoms with E-state index in [1.165, 1.54) is 18.9 Å².